The molecule has 0 spiro atoms. The maximum Gasteiger partial charge on any atom is 0.143 e. The van der Waals surface area contributed by atoms with E-state index in [9.17, 15) is 5.11 Å². The molecule has 4 heteroatoms. The van der Waals surface area contributed by atoms with Gasteiger partial charge in [-0.05, 0) is 19.1 Å². The molecule has 14 heavy (non-hydrogen) atoms. The minimum Gasteiger partial charge on any atom is -0.506 e. The number of nitrogens with zero attached hydrogens (tertiary/aromatic N) is 1. The van der Waals surface area contributed by atoms with E-state index in [1.807, 2.05) is 13.0 Å². The average Bonchev–Trinajstić information content (AvgIpc) is 2.14. The summed E-state index contributed by atoms with van der Waals surface area (Å²) >= 11 is 11.8. The normalized spacial score (nSPS) is 10.8. The Morgan fingerprint density at radius 2 is 2.00 bits per heavy atom. The second-order valence-corrected chi connectivity index (χ2v) is 3.83. The highest BCUT2D eigenvalue weighted by atomic mass is 35.5. The van der Waals surface area contributed by atoms with Crippen LogP contribution in [0.25, 0.3) is 10.9 Å². The van der Waals surface area contributed by atoms with Gasteiger partial charge >= 0.3 is 0 Å². The molecule has 1 aromatic heterocycles. The number of fused-ring (bicyclic) bond motifs is 1. The van der Waals surface area contributed by atoms with Gasteiger partial charge in [0.05, 0.1) is 10.0 Å². The van der Waals surface area contributed by atoms with Crippen molar-refractivity contribution in [3.05, 3.63) is 33.9 Å². The van der Waals surface area contributed by atoms with Gasteiger partial charge in [-0.15, -0.1) is 0 Å². The largest absolute Gasteiger partial charge is 0.506 e. The molecular weight excluding hydrogens is 221 g/mol. The highest BCUT2D eigenvalue weighted by Crippen LogP contribution is 2.35. The number of rotatable bonds is 0. The molecule has 0 saturated carbocycles. The molecular formula is C10H7Cl2NO. The Kier molecular flexibility index (Phi) is 2.25. The van der Waals surface area contributed by atoms with E-state index in [-0.39, 0.29) is 5.75 Å². The lowest BCUT2D eigenvalue weighted by Crippen LogP contribution is -1.85. The van der Waals surface area contributed by atoms with E-state index in [1.54, 1.807) is 6.07 Å². The van der Waals surface area contributed by atoms with E-state index < -0.39 is 0 Å². The van der Waals surface area contributed by atoms with Crippen LogP contribution in [0.3, 0.4) is 0 Å². The second kappa shape index (κ2) is 3.30. The Bertz CT molecular complexity index is 511. The SMILES string of the molecule is Cc1ccc2c(Cl)c(Cl)cc(O)c2n1. The van der Waals surface area contributed by atoms with Crippen LogP contribution in [0, 0.1) is 6.92 Å². The van der Waals surface area contributed by atoms with Crippen molar-refractivity contribution in [3.63, 3.8) is 0 Å². The van der Waals surface area contributed by atoms with Crippen molar-refractivity contribution in [2.75, 3.05) is 0 Å². The molecule has 0 aliphatic rings. The van der Waals surface area contributed by atoms with E-state index in [2.05, 4.69) is 4.98 Å². The molecule has 0 radical (unpaired) electrons. The lowest BCUT2D eigenvalue weighted by Gasteiger charge is -2.05. The zero-order valence-electron chi connectivity index (χ0n) is 7.38. The highest BCUT2D eigenvalue weighted by Gasteiger charge is 2.09. The molecule has 1 heterocycles. The summed E-state index contributed by atoms with van der Waals surface area (Å²) in [5.74, 6) is 0.0538. The van der Waals surface area contributed by atoms with Gasteiger partial charge in [0, 0.05) is 17.1 Å². The number of hydrogen-bond donors (Lipinski definition) is 1. The zero-order valence-corrected chi connectivity index (χ0v) is 8.89. The van der Waals surface area contributed by atoms with Gasteiger partial charge < -0.3 is 5.11 Å². The van der Waals surface area contributed by atoms with Crippen LogP contribution in [-0.2, 0) is 0 Å². The third kappa shape index (κ3) is 1.41. The number of pyridine rings is 1. The second-order valence-electron chi connectivity index (χ2n) is 3.04. The zero-order chi connectivity index (χ0) is 10.3. The Morgan fingerprint density at radius 1 is 1.29 bits per heavy atom. The summed E-state index contributed by atoms with van der Waals surface area (Å²) in [5, 5.41) is 11.0. The number of phenols is 1. The summed E-state index contributed by atoms with van der Waals surface area (Å²) in [5.41, 5.74) is 1.31. The van der Waals surface area contributed by atoms with Gasteiger partial charge in [0.15, 0.2) is 0 Å². The molecule has 72 valence electrons. The van der Waals surface area contributed by atoms with Crippen LogP contribution in [0.2, 0.25) is 10.0 Å². The van der Waals surface area contributed by atoms with Crippen LogP contribution in [0.4, 0.5) is 0 Å². The van der Waals surface area contributed by atoms with E-state index in [0.29, 0.717) is 20.9 Å². The molecule has 0 amide bonds. The molecule has 0 aliphatic carbocycles. The monoisotopic (exact) mass is 227 g/mol. The lowest BCUT2D eigenvalue weighted by atomic mass is 10.2. The first-order valence-corrected chi connectivity index (χ1v) is 4.79. The topological polar surface area (TPSA) is 33.1 Å². The number of aryl methyl sites for hydroxylation is 1. The van der Waals surface area contributed by atoms with E-state index >= 15 is 0 Å². The van der Waals surface area contributed by atoms with Crippen molar-refractivity contribution < 1.29 is 5.11 Å². The summed E-state index contributed by atoms with van der Waals surface area (Å²) in [4.78, 5) is 4.18. The highest BCUT2D eigenvalue weighted by molar-refractivity contribution is 6.45. The maximum atomic E-state index is 9.60. The molecule has 0 fully saturated rings. The lowest BCUT2D eigenvalue weighted by molar-refractivity contribution is 0.480. The first kappa shape index (κ1) is 9.56. The molecule has 0 atom stereocenters. The molecule has 0 bridgehead atoms. The van der Waals surface area contributed by atoms with Gasteiger partial charge in [-0.25, -0.2) is 4.98 Å². The minimum absolute atomic E-state index is 0.0538. The van der Waals surface area contributed by atoms with Crippen LogP contribution in [0.1, 0.15) is 5.69 Å². The van der Waals surface area contributed by atoms with Gasteiger partial charge in [-0.3, -0.25) is 0 Å². The number of halogens is 2. The summed E-state index contributed by atoms with van der Waals surface area (Å²) in [6.07, 6.45) is 0. The number of phenolic OH excluding ortho intramolecular Hbond substituents is 1. The smallest absolute Gasteiger partial charge is 0.143 e. The number of aromatic nitrogens is 1. The number of aromatic hydroxyl groups is 1. The summed E-state index contributed by atoms with van der Waals surface area (Å²) in [6, 6.07) is 5.02. The summed E-state index contributed by atoms with van der Waals surface area (Å²) < 4.78 is 0. The molecule has 1 aromatic carbocycles. The number of benzene rings is 1. The molecule has 2 nitrogen and oxygen atoms in total. The van der Waals surface area contributed by atoms with Gasteiger partial charge in [-0.1, -0.05) is 23.2 Å². The van der Waals surface area contributed by atoms with Crippen molar-refractivity contribution in [1.29, 1.82) is 0 Å². The van der Waals surface area contributed by atoms with Crippen LogP contribution in [0.15, 0.2) is 18.2 Å². The Balaban J connectivity index is 2.94. The van der Waals surface area contributed by atoms with Crippen molar-refractivity contribution in [1.82, 2.24) is 4.98 Å². The van der Waals surface area contributed by atoms with Gasteiger partial charge in [0.25, 0.3) is 0 Å². The van der Waals surface area contributed by atoms with Gasteiger partial charge in [-0.2, -0.15) is 0 Å². The van der Waals surface area contributed by atoms with Crippen LogP contribution >= 0.6 is 23.2 Å². The molecule has 0 saturated heterocycles. The quantitative estimate of drug-likeness (QED) is 0.747. The van der Waals surface area contributed by atoms with Crippen molar-refractivity contribution in [2.45, 2.75) is 6.92 Å². The van der Waals surface area contributed by atoms with E-state index in [1.165, 1.54) is 6.07 Å². The fraction of sp³-hybridized carbons (Fsp3) is 0.100. The third-order valence-corrected chi connectivity index (χ3v) is 2.79. The summed E-state index contributed by atoms with van der Waals surface area (Å²) in [6.45, 7) is 1.85. The molecule has 0 unspecified atom stereocenters. The summed E-state index contributed by atoms with van der Waals surface area (Å²) in [7, 11) is 0. The van der Waals surface area contributed by atoms with E-state index in [0.717, 1.165) is 5.69 Å². The van der Waals surface area contributed by atoms with Gasteiger partial charge in [0.2, 0.25) is 0 Å². The van der Waals surface area contributed by atoms with E-state index in [4.69, 9.17) is 23.2 Å². The Labute approximate surface area is 91.1 Å². The Hall–Kier alpha value is -0.990. The van der Waals surface area contributed by atoms with Crippen molar-refractivity contribution >= 4 is 34.1 Å². The van der Waals surface area contributed by atoms with Gasteiger partial charge in [0.1, 0.15) is 11.3 Å². The van der Waals surface area contributed by atoms with Crippen molar-refractivity contribution in [2.24, 2.45) is 0 Å². The average molecular weight is 228 g/mol. The maximum absolute atomic E-state index is 9.60. The molecule has 2 aromatic rings. The number of hydrogen-bond acceptors (Lipinski definition) is 2. The minimum atomic E-state index is 0.0538. The predicted molar refractivity (Wildman–Crippen MR) is 58.2 cm³/mol. The standard InChI is InChI=1S/C10H7Cl2NO/c1-5-2-3-6-9(12)7(11)4-8(14)10(6)13-5/h2-4,14H,1H3. The van der Waals surface area contributed by atoms with Crippen LogP contribution in [-0.4, -0.2) is 10.1 Å². The first-order chi connectivity index (χ1) is 6.59. The Morgan fingerprint density at radius 3 is 2.71 bits per heavy atom. The first-order valence-electron chi connectivity index (χ1n) is 4.04. The van der Waals surface area contributed by atoms with Crippen LogP contribution < -0.4 is 0 Å². The van der Waals surface area contributed by atoms with Crippen molar-refractivity contribution in [3.8, 4) is 5.75 Å². The predicted octanol–water partition coefficient (Wildman–Crippen LogP) is 3.56. The fourth-order valence-corrected chi connectivity index (χ4v) is 1.72. The third-order valence-electron chi connectivity index (χ3n) is 1.99. The molecule has 0 aliphatic heterocycles. The molecule has 2 rings (SSSR count). The molecule has 1 N–H and O–H groups in total. The fourth-order valence-electron chi connectivity index (χ4n) is 1.31. The van der Waals surface area contributed by atoms with Crippen LogP contribution in [0.5, 0.6) is 5.75 Å².